The number of nitrogens with one attached hydrogen (secondary N) is 3. The number of rotatable bonds is 3. The lowest BCUT2D eigenvalue weighted by Crippen LogP contribution is -2.25. The molecular weight excluding hydrogens is 250 g/mol. The van der Waals surface area contributed by atoms with Crippen LogP contribution in [0.1, 0.15) is 12.5 Å². The van der Waals surface area contributed by atoms with Gasteiger partial charge in [0.05, 0.1) is 5.71 Å². The predicted molar refractivity (Wildman–Crippen MR) is 76.7 cm³/mol. The maximum absolute atomic E-state index is 11.1. The van der Waals surface area contributed by atoms with Crippen molar-refractivity contribution >= 4 is 34.8 Å². The van der Waals surface area contributed by atoms with Crippen LogP contribution in [0.25, 0.3) is 0 Å². The third-order valence-corrected chi connectivity index (χ3v) is 2.21. The maximum Gasteiger partial charge on any atom is 0.318 e. The minimum atomic E-state index is -0.261. The first-order valence-electron chi connectivity index (χ1n) is 5.22. The van der Waals surface area contributed by atoms with Crippen LogP contribution >= 0.6 is 12.2 Å². The number of hydrazone groups is 1. The molecule has 0 heterocycles. The molecule has 6 nitrogen and oxygen atoms in total. The molecule has 0 saturated carbocycles. The second-order valence-corrected chi connectivity index (χ2v) is 3.89. The molecule has 0 aliphatic carbocycles. The van der Waals surface area contributed by atoms with E-state index in [9.17, 15) is 4.79 Å². The van der Waals surface area contributed by atoms with Gasteiger partial charge in [-0.2, -0.15) is 5.10 Å². The van der Waals surface area contributed by atoms with Crippen LogP contribution in [-0.4, -0.2) is 23.9 Å². The molecule has 0 aromatic heterocycles. The Bertz CT molecular complexity index is 469. The topological polar surface area (TPSA) is 91.5 Å². The number of nitrogens with two attached hydrogens (primary N) is 1. The number of amides is 2. The number of hydrogen-bond donors (Lipinski definition) is 4. The first kappa shape index (κ1) is 13.9. The Kier molecular flexibility index (Phi) is 5.06. The first-order chi connectivity index (χ1) is 8.52. The summed E-state index contributed by atoms with van der Waals surface area (Å²) < 4.78 is 0. The lowest BCUT2D eigenvalue weighted by molar-refractivity contribution is 0.254. The van der Waals surface area contributed by atoms with E-state index in [4.69, 9.17) is 5.73 Å². The number of benzene rings is 1. The van der Waals surface area contributed by atoms with Gasteiger partial charge >= 0.3 is 6.03 Å². The Morgan fingerprint density at radius 3 is 2.44 bits per heavy atom. The predicted octanol–water partition coefficient (Wildman–Crippen LogP) is 0.995. The van der Waals surface area contributed by atoms with Gasteiger partial charge in [-0.05, 0) is 36.8 Å². The molecule has 1 aromatic rings. The number of urea groups is 1. The van der Waals surface area contributed by atoms with Crippen LogP contribution in [0.5, 0.6) is 0 Å². The summed E-state index contributed by atoms with van der Waals surface area (Å²) in [5, 5.41) is 9.25. The van der Waals surface area contributed by atoms with Crippen molar-refractivity contribution in [2.24, 2.45) is 10.8 Å². The molecule has 0 bridgehead atoms. The minimum absolute atomic E-state index is 0.118. The molecule has 0 radical (unpaired) electrons. The second kappa shape index (κ2) is 6.55. The average molecular weight is 265 g/mol. The van der Waals surface area contributed by atoms with Gasteiger partial charge in [-0.3, -0.25) is 5.43 Å². The van der Waals surface area contributed by atoms with Gasteiger partial charge in [-0.1, -0.05) is 12.1 Å². The number of thiocarbonyl (C=S) groups is 1. The van der Waals surface area contributed by atoms with Crippen LogP contribution in [0.4, 0.5) is 10.5 Å². The van der Waals surface area contributed by atoms with Crippen molar-refractivity contribution in [3.05, 3.63) is 29.8 Å². The summed E-state index contributed by atoms with van der Waals surface area (Å²) in [6, 6.07) is 6.98. The van der Waals surface area contributed by atoms with Gasteiger partial charge in [0.2, 0.25) is 0 Å². The quantitative estimate of drug-likeness (QED) is 0.373. The molecule has 0 aliphatic heterocycles. The van der Waals surface area contributed by atoms with E-state index in [0.717, 1.165) is 11.3 Å². The second-order valence-electron chi connectivity index (χ2n) is 3.45. The van der Waals surface area contributed by atoms with Crippen molar-refractivity contribution in [3.8, 4) is 0 Å². The fourth-order valence-corrected chi connectivity index (χ4v) is 1.24. The van der Waals surface area contributed by atoms with Crippen molar-refractivity contribution in [2.45, 2.75) is 6.92 Å². The molecule has 2 amide bonds. The Balaban J connectivity index is 2.73. The molecule has 7 heteroatoms. The van der Waals surface area contributed by atoms with Crippen LogP contribution in [0, 0.1) is 0 Å². The van der Waals surface area contributed by atoms with E-state index in [1.165, 1.54) is 0 Å². The van der Waals surface area contributed by atoms with Gasteiger partial charge in [0, 0.05) is 12.7 Å². The number of anilines is 1. The standard InChI is InChI=1S/C11H15N5OS/c1-7(15-16-10(12)18)8-3-5-9(6-4-8)14-11(17)13-2/h3-6H,1-2H3,(H3,12,16,18)(H2,13,14,17)/b15-7-. The van der Waals surface area contributed by atoms with E-state index >= 15 is 0 Å². The Labute approximate surface area is 111 Å². The Morgan fingerprint density at radius 2 is 1.94 bits per heavy atom. The number of nitrogens with zero attached hydrogens (tertiary/aromatic N) is 1. The minimum Gasteiger partial charge on any atom is -0.375 e. The van der Waals surface area contributed by atoms with Crippen molar-refractivity contribution < 1.29 is 4.79 Å². The summed E-state index contributed by atoms with van der Waals surface area (Å²) in [7, 11) is 1.56. The molecule has 18 heavy (non-hydrogen) atoms. The van der Waals surface area contributed by atoms with E-state index in [1.54, 1.807) is 19.2 Å². The fraction of sp³-hybridized carbons (Fsp3) is 0.182. The van der Waals surface area contributed by atoms with Crippen LogP contribution in [0.3, 0.4) is 0 Å². The van der Waals surface area contributed by atoms with E-state index < -0.39 is 0 Å². The molecule has 0 unspecified atom stereocenters. The van der Waals surface area contributed by atoms with Crippen molar-refractivity contribution in [3.63, 3.8) is 0 Å². The highest BCUT2D eigenvalue weighted by atomic mass is 32.1. The van der Waals surface area contributed by atoms with Gasteiger partial charge in [0.15, 0.2) is 5.11 Å². The Hall–Kier alpha value is -2.15. The number of carbonyl (C=O) groups is 1. The van der Waals surface area contributed by atoms with Crippen LogP contribution in [0.15, 0.2) is 29.4 Å². The molecule has 0 spiro atoms. The van der Waals surface area contributed by atoms with E-state index in [2.05, 4.69) is 33.4 Å². The zero-order valence-electron chi connectivity index (χ0n) is 10.2. The maximum atomic E-state index is 11.1. The molecule has 0 aliphatic rings. The molecule has 0 saturated heterocycles. The highest BCUT2D eigenvalue weighted by Gasteiger charge is 2.00. The SMILES string of the molecule is CNC(=O)Nc1ccc(/C(C)=N\NC(N)=S)cc1. The van der Waals surface area contributed by atoms with Crippen molar-refractivity contribution in [1.82, 2.24) is 10.7 Å². The molecular formula is C11H15N5OS. The van der Waals surface area contributed by atoms with Crippen molar-refractivity contribution in [1.29, 1.82) is 0 Å². The highest BCUT2D eigenvalue weighted by molar-refractivity contribution is 7.80. The van der Waals surface area contributed by atoms with Gasteiger partial charge in [0.25, 0.3) is 0 Å². The number of hydrogen-bond acceptors (Lipinski definition) is 3. The normalized spacial score (nSPS) is 10.7. The van der Waals surface area contributed by atoms with E-state index in [0.29, 0.717) is 5.69 Å². The molecule has 5 N–H and O–H groups in total. The smallest absolute Gasteiger partial charge is 0.318 e. The summed E-state index contributed by atoms with van der Waals surface area (Å²) >= 11 is 4.65. The van der Waals surface area contributed by atoms with Crippen LogP contribution in [0.2, 0.25) is 0 Å². The lowest BCUT2D eigenvalue weighted by atomic mass is 10.1. The van der Waals surface area contributed by atoms with Gasteiger partial charge < -0.3 is 16.4 Å². The van der Waals surface area contributed by atoms with Crippen molar-refractivity contribution in [2.75, 3.05) is 12.4 Å². The lowest BCUT2D eigenvalue weighted by Gasteiger charge is -2.06. The van der Waals surface area contributed by atoms with E-state index in [-0.39, 0.29) is 11.1 Å². The van der Waals surface area contributed by atoms with Crippen LogP contribution in [-0.2, 0) is 0 Å². The molecule has 0 fully saturated rings. The molecule has 1 aromatic carbocycles. The van der Waals surface area contributed by atoms with Gasteiger partial charge in [-0.15, -0.1) is 0 Å². The van der Waals surface area contributed by atoms with Gasteiger partial charge in [-0.25, -0.2) is 4.79 Å². The summed E-state index contributed by atoms with van der Waals surface area (Å²) in [5.74, 6) is 0. The summed E-state index contributed by atoms with van der Waals surface area (Å²) in [6.07, 6.45) is 0. The van der Waals surface area contributed by atoms with Crippen LogP contribution < -0.4 is 21.8 Å². The zero-order chi connectivity index (χ0) is 13.5. The van der Waals surface area contributed by atoms with Gasteiger partial charge in [0.1, 0.15) is 0 Å². The monoisotopic (exact) mass is 265 g/mol. The molecule has 1 rings (SSSR count). The largest absolute Gasteiger partial charge is 0.375 e. The highest BCUT2D eigenvalue weighted by Crippen LogP contribution is 2.10. The zero-order valence-corrected chi connectivity index (χ0v) is 11.0. The Morgan fingerprint density at radius 1 is 1.33 bits per heavy atom. The third-order valence-electron chi connectivity index (χ3n) is 2.12. The summed E-state index contributed by atoms with van der Waals surface area (Å²) in [4.78, 5) is 11.1. The first-order valence-corrected chi connectivity index (χ1v) is 5.62. The summed E-state index contributed by atoms with van der Waals surface area (Å²) in [6.45, 7) is 1.83. The average Bonchev–Trinajstić information content (AvgIpc) is 2.36. The number of carbonyl (C=O) groups excluding carboxylic acids is 1. The third kappa shape index (κ3) is 4.38. The molecule has 96 valence electrons. The summed E-state index contributed by atoms with van der Waals surface area (Å²) in [5.41, 5.74) is 10.1. The molecule has 0 atom stereocenters. The fourth-order valence-electron chi connectivity index (χ4n) is 1.19. The van der Waals surface area contributed by atoms with E-state index in [1.807, 2.05) is 19.1 Å².